The number of carbonyl (C=O) groups is 2. The second-order valence-electron chi connectivity index (χ2n) is 4.68. The van der Waals surface area contributed by atoms with Gasteiger partial charge in [-0.25, -0.2) is 0 Å². The van der Waals surface area contributed by atoms with Crippen molar-refractivity contribution in [3.8, 4) is 0 Å². The summed E-state index contributed by atoms with van der Waals surface area (Å²) >= 11 is 5.91. The van der Waals surface area contributed by atoms with E-state index in [1.807, 2.05) is 13.8 Å². The fourth-order valence-corrected chi connectivity index (χ4v) is 1.66. The lowest BCUT2D eigenvalue weighted by atomic mass is 10.2. The molecule has 1 aromatic carbocycles. The number of carbonyl (C=O) groups excluding carboxylic acids is 2. The molecule has 0 aliphatic heterocycles. The predicted molar refractivity (Wildman–Crippen MR) is 76.2 cm³/mol. The largest absolute Gasteiger partial charge is 0.356 e. The second-order valence-corrected chi connectivity index (χ2v) is 5.09. The van der Waals surface area contributed by atoms with E-state index < -0.39 is 0 Å². The Morgan fingerprint density at radius 1 is 1.21 bits per heavy atom. The molecule has 1 rings (SSSR count). The Kier molecular flexibility index (Phi) is 6.36. The maximum Gasteiger partial charge on any atom is 0.252 e. The topological polar surface area (TPSA) is 58.2 Å². The number of amides is 2. The number of nitrogens with one attached hydrogen (secondary N) is 2. The summed E-state index contributed by atoms with van der Waals surface area (Å²) in [5.41, 5.74) is 0.423. The van der Waals surface area contributed by atoms with Crippen molar-refractivity contribution in [1.29, 1.82) is 0 Å². The molecule has 0 aliphatic rings. The first-order valence-electron chi connectivity index (χ1n) is 6.30. The van der Waals surface area contributed by atoms with Crippen molar-refractivity contribution in [2.75, 3.05) is 13.1 Å². The van der Waals surface area contributed by atoms with Crippen molar-refractivity contribution in [2.24, 2.45) is 5.92 Å². The van der Waals surface area contributed by atoms with Crippen molar-refractivity contribution in [1.82, 2.24) is 10.6 Å². The van der Waals surface area contributed by atoms with Crippen LogP contribution in [0.4, 0.5) is 0 Å². The second kappa shape index (κ2) is 7.79. The molecule has 5 heteroatoms. The van der Waals surface area contributed by atoms with Crippen LogP contribution in [0.2, 0.25) is 5.02 Å². The normalized spacial score (nSPS) is 10.3. The predicted octanol–water partition coefficient (Wildman–Crippen LogP) is 2.23. The maximum atomic E-state index is 11.8. The summed E-state index contributed by atoms with van der Waals surface area (Å²) in [5.74, 6) is 0.0945. The highest BCUT2D eigenvalue weighted by Gasteiger charge is 2.09. The molecule has 0 saturated carbocycles. The van der Waals surface area contributed by atoms with Crippen LogP contribution < -0.4 is 10.6 Å². The lowest BCUT2D eigenvalue weighted by molar-refractivity contribution is -0.121. The molecule has 0 aromatic heterocycles. The zero-order chi connectivity index (χ0) is 14.3. The summed E-state index contributed by atoms with van der Waals surface area (Å²) < 4.78 is 0. The molecule has 0 saturated heterocycles. The molecule has 0 aliphatic carbocycles. The quantitative estimate of drug-likeness (QED) is 0.841. The van der Waals surface area contributed by atoms with Crippen LogP contribution in [0.1, 0.15) is 30.6 Å². The first kappa shape index (κ1) is 15.5. The summed E-state index contributed by atoms with van der Waals surface area (Å²) in [7, 11) is 0. The zero-order valence-electron chi connectivity index (χ0n) is 11.2. The van der Waals surface area contributed by atoms with Gasteiger partial charge in [0.05, 0.1) is 10.6 Å². The van der Waals surface area contributed by atoms with Crippen LogP contribution in [0.5, 0.6) is 0 Å². The molecule has 0 spiro atoms. The standard InChI is InChI=1S/C14H19ClN2O2/c1-10(2)9-17-13(18)7-8-16-14(19)11-5-3-4-6-12(11)15/h3-6,10H,7-9H2,1-2H3,(H,16,19)(H,17,18). The van der Waals surface area contributed by atoms with E-state index in [9.17, 15) is 9.59 Å². The van der Waals surface area contributed by atoms with E-state index in [0.29, 0.717) is 29.6 Å². The average Bonchev–Trinajstić information content (AvgIpc) is 2.36. The third kappa shape index (κ3) is 5.75. The van der Waals surface area contributed by atoms with Gasteiger partial charge in [0.2, 0.25) is 5.91 Å². The third-order valence-electron chi connectivity index (χ3n) is 2.46. The van der Waals surface area contributed by atoms with Gasteiger partial charge in [0, 0.05) is 19.5 Å². The van der Waals surface area contributed by atoms with Gasteiger partial charge in [-0.15, -0.1) is 0 Å². The SMILES string of the molecule is CC(C)CNC(=O)CCNC(=O)c1ccccc1Cl. The Morgan fingerprint density at radius 3 is 2.53 bits per heavy atom. The molecule has 0 heterocycles. The van der Waals surface area contributed by atoms with Gasteiger partial charge in [-0.3, -0.25) is 9.59 Å². The van der Waals surface area contributed by atoms with E-state index in [-0.39, 0.29) is 18.2 Å². The zero-order valence-corrected chi connectivity index (χ0v) is 12.0. The summed E-state index contributed by atoms with van der Waals surface area (Å²) in [6.45, 7) is 5.00. The molecule has 1 aromatic rings. The van der Waals surface area contributed by atoms with E-state index >= 15 is 0 Å². The Labute approximate surface area is 118 Å². The minimum absolute atomic E-state index is 0.0619. The fraction of sp³-hybridized carbons (Fsp3) is 0.429. The molecule has 4 nitrogen and oxygen atoms in total. The fourth-order valence-electron chi connectivity index (χ4n) is 1.44. The van der Waals surface area contributed by atoms with E-state index in [4.69, 9.17) is 11.6 Å². The van der Waals surface area contributed by atoms with Crippen LogP contribution in [-0.4, -0.2) is 24.9 Å². The smallest absolute Gasteiger partial charge is 0.252 e. The van der Waals surface area contributed by atoms with Gasteiger partial charge in [-0.05, 0) is 18.1 Å². The number of rotatable bonds is 6. The number of hydrogen-bond donors (Lipinski definition) is 2. The number of halogens is 1. The van der Waals surface area contributed by atoms with Crippen LogP contribution in [0, 0.1) is 5.92 Å². The highest BCUT2D eigenvalue weighted by atomic mass is 35.5. The van der Waals surface area contributed by atoms with Crippen molar-refractivity contribution < 1.29 is 9.59 Å². The molecule has 0 fully saturated rings. The first-order chi connectivity index (χ1) is 9.00. The minimum Gasteiger partial charge on any atom is -0.356 e. The third-order valence-corrected chi connectivity index (χ3v) is 2.79. The van der Waals surface area contributed by atoms with Crippen molar-refractivity contribution in [3.05, 3.63) is 34.9 Å². The molecule has 0 unspecified atom stereocenters. The Morgan fingerprint density at radius 2 is 1.89 bits per heavy atom. The van der Waals surface area contributed by atoms with Gasteiger partial charge in [0.1, 0.15) is 0 Å². The molecular weight excluding hydrogens is 264 g/mol. The van der Waals surface area contributed by atoms with Gasteiger partial charge in [0.25, 0.3) is 5.91 Å². The molecule has 19 heavy (non-hydrogen) atoms. The summed E-state index contributed by atoms with van der Waals surface area (Å²) in [6.07, 6.45) is 0.267. The van der Waals surface area contributed by atoms with E-state index in [1.54, 1.807) is 24.3 Å². The summed E-state index contributed by atoms with van der Waals surface area (Å²) in [5, 5.41) is 5.87. The lowest BCUT2D eigenvalue weighted by Gasteiger charge is -2.09. The summed E-state index contributed by atoms with van der Waals surface area (Å²) in [6, 6.07) is 6.82. The van der Waals surface area contributed by atoms with E-state index in [0.717, 1.165) is 0 Å². The number of benzene rings is 1. The summed E-state index contributed by atoms with van der Waals surface area (Å²) in [4.78, 5) is 23.2. The van der Waals surface area contributed by atoms with Crippen LogP contribution in [0.3, 0.4) is 0 Å². The van der Waals surface area contributed by atoms with Crippen LogP contribution in [0.25, 0.3) is 0 Å². The van der Waals surface area contributed by atoms with Crippen molar-refractivity contribution in [2.45, 2.75) is 20.3 Å². The average molecular weight is 283 g/mol. The van der Waals surface area contributed by atoms with Crippen LogP contribution >= 0.6 is 11.6 Å². The van der Waals surface area contributed by atoms with Gasteiger partial charge >= 0.3 is 0 Å². The van der Waals surface area contributed by atoms with Crippen LogP contribution in [-0.2, 0) is 4.79 Å². The van der Waals surface area contributed by atoms with Crippen molar-refractivity contribution in [3.63, 3.8) is 0 Å². The molecule has 0 bridgehead atoms. The molecule has 0 radical (unpaired) electrons. The van der Waals surface area contributed by atoms with Gasteiger partial charge < -0.3 is 10.6 Å². The monoisotopic (exact) mass is 282 g/mol. The maximum absolute atomic E-state index is 11.8. The molecule has 104 valence electrons. The van der Waals surface area contributed by atoms with E-state index in [1.165, 1.54) is 0 Å². The minimum atomic E-state index is -0.262. The first-order valence-corrected chi connectivity index (χ1v) is 6.68. The van der Waals surface area contributed by atoms with Gasteiger partial charge in [-0.1, -0.05) is 37.6 Å². The Hall–Kier alpha value is -1.55. The van der Waals surface area contributed by atoms with Crippen molar-refractivity contribution >= 4 is 23.4 Å². The molecule has 0 atom stereocenters. The van der Waals surface area contributed by atoms with Gasteiger partial charge in [0.15, 0.2) is 0 Å². The highest BCUT2D eigenvalue weighted by molar-refractivity contribution is 6.33. The Balaban J connectivity index is 2.32. The number of hydrogen-bond acceptors (Lipinski definition) is 2. The molecular formula is C14H19ClN2O2. The van der Waals surface area contributed by atoms with Crippen LogP contribution in [0.15, 0.2) is 24.3 Å². The van der Waals surface area contributed by atoms with Gasteiger partial charge in [-0.2, -0.15) is 0 Å². The lowest BCUT2D eigenvalue weighted by Crippen LogP contribution is -2.32. The highest BCUT2D eigenvalue weighted by Crippen LogP contribution is 2.14. The molecule has 2 amide bonds. The molecule has 2 N–H and O–H groups in total. The Bertz CT molecular complexity index is 447. The van der Waals surface area contributed by atoms with E-state index in [2.05, 4.69) is 10.6 Å².